The molecular weight excluding hydrogens is 373 g/mol. The molecule has 0 radical (unpaired) electrons. The van der Waals surface area contributed by atoms with E-state index in [4.69, 9.17) is 9.47 Å². The number of piperidine rings is 1. The molecule has 4 rings (SSSR count). The van der Waals surface area contributed by atoms with Gasteiger partial charge in [0, 0.05) is 37.2 Å². The van der Waals surface area contributed by atoms with Gasteiger partial charge in [0.05, 0.1) is 12.2 Å². The number of urea groups is 1. The van der Waals surface area contributed by atoms with Crippen LogP contribution in [0.25, 0.3) is 0 Å². The molecule has 0 atom stereocenters. The largest absolute Gasteiger partial charge is 0.462 e. The number of nitrogens with zero attached hydrogens (tertiary/aromatic N) is 1. The normalized spacial score (nSPS) is 18.3. The maximum Gasteiger partial charge on any atom is 0.416 e. The summed E-state index contributed by atoms with van der Waals surface area (Å²) >= 11 is 0. The Morgan fingerprint density at radius 1 is 1.07 bits per heavy atom. The molecule has 8 heteroatoms. The zero-order chi connectivity index (χ0) is 19.8. The minimum atomic E-state index is -4.45. The van der Waals surface area contributed by atoms with E-state index in [1.165, 1.54) is 12.1 Å². The number of rotatable bonds is 1. The monoisotopic (exact) mass is 392 g/mol. The second kappa shape index (κ2) is 7.01. The van der Waals surface area contributed by atoms with Crippen LogP contribution in [0.5, 0.6) is 5.75 Å². The van der Waals surface area contributed by atoms with Crippen molar-refractivity contribution in [2.45, 2.75) is 31.4 Å². The maximum atomic E-state index is 12.8. The lowest BCUT2D eigenvalue weighted by molar-refractivity contribution is -0.225. The molecule has 1 N–H and O–H groups in total. The molecular formula is C20H19F3N2O3. The molecule has 2 aliphatic rings. The molecule has 2 heterocycles. The third-order valence-corrected chi connectivity index (χ3v) is 5.01. The van der Waals surface area contributed by atoms with E-state index in [1.54, 1.807) is 4.90 Å². The van der Waals surface area contributed by atoms with Crippen LogP contribution < -0.4 is 10.1 Å². The maximum absolute atomic E-state index is 12.8. The second-order valence-electron chi connectivity index (χ2n) is 6.90. The van der Waals surface area contributed by atoms with Gasteiger partial charge in [-0.1, -0.05) is 24.3 Å². The Morgan fingerprint density at radius 2 is 1.82 bits per heavy atom. The Hall–Kier alpha value is -2.74. The summed E-state index contributed by atoms with van der Waals surface area (Å²) in [7, 11) is 0. The Labute approximate surface area is 160 Å². The van der Waals surface area contributed by atoms with Gasteiger partial charge in [-0.05, 0) is 24.3 Å². The van der Waals surface area contributed by atoms with Crippen LogP contribution >= 0.6 is 0 Å². The van der Waals surface area contributed by atoms with E-state index < -0.39 is 23.6 Å². The van der Waals surface area contributed by atoms with Crippen molar-refractivity contribution >= 4 is 11.7 Å². The number of hydrogen-bond acceptors (Lipinski definition) is 3. The molecule has 0 aliphatic carbocycles. The first kappa shape index (κ1) is 18.6. The summed E-state index contributed by atoms with van der Waals surface area (Å²) in [6, 6.07) is 11.8. The number of ether oxygens (including phenoxy) is 2. The van der Waals surface area contributed by atoms with Crippen LogP contribution in [0.3, 0.4) is 0 Å². The van der Waals surface area contributed by atoms with E-state index in [0.717, 1.165) is 23.4 Å². The number of anilines is 1. The van der Waals surface area contributed by atoms with Gasteiger partial charge in [-0.3, -0.25) is 0 Å². The van der Waals surface area contributed by atoms with Crippen molar-refractivity contribution in [2.24, 2.45) is 0 Å². The average Bonchev–Trinajstić information content (AvgIpc) is 2.68. The van der Waals surface area contributed by atoms with Gasteiger partial charge < -0.3 is 19.7 Å². The number of amides is 2. The van der Waals surface area contributed by atoms with Crippen molar-refractivity contribution in [3.63, 3.8) is 0 Å². The molecule has 1 spiro atoms. The Morgan fingerprint density at radius 3 is 2.57 bits per heavy atom. The van der Waals surface area contributed by atoms with Crippen molar-refractivity contribution in [2.75, 3.05) is 18.4 Å². The van der Waals surface area contributed by atoms with Gasteiger partial charge in [0.15, 0.2) is 0 Å². The predicted octanol–water partition coefficient (Wildman–Crippen LogP) is 4.64. The molecule has 0 aromatic heterocycles. The van der Waals surface area contributed by atoms with Gasteiger partial charge in [-0.25, -0.2) is 4.79 Å². The number of halogens is 3. The number of nitrogens with one attached hydrogen (secondary N) is 1. The van der Waals surface area contributed by atoms with Crippen molar-refractivity contribution in [3.8, 4) is 5.75 Å². The van der Waals surface area contributed by atoms with Crippen molar-refractivity contribution in [1.82, 2.24) is 4.90 Å². The van der Waals surface area contributed by atoms with Crippen LogP contribution in [0.2, 0.25) is 0 Å². The lowest BCUT2D eigenvalue weighted by atomic mass is 10.0. The van der Waals surface area contributed by atoms with Gasteiger partial charge in [0.1, 0.15) is 5.75 Å². The fraction of sp³-hybridized carbons (Fsp3) is 0.350. The third kappa shape index (κ3) is 3.77. The molecule has 1 fully saturated rings. The molecule has 2 aromatic carbocycles. The van der Waals surface area contributed by atoms with E-state index in [0.29, 0.717) is 32.5 Å². The molecule has 5 nitrogen and oxygen atoms in total. The van der Waals surface area contributed by atoms with Gasteiger partial charge in [0.2, 0.25) is 5.79 Å². The Bertz CT molecular complexity index is 877. The number of likely N-dealkylation sites (tertiary alicyclic amines) is 1. The average molecular weight is 392 g/mol. The highest BCUT2D eigenvalue weighted by atomic mass is 19.4. The van der Waals surface area contributed by atoms with E-state index in [9.17, 15) is 18.0 Å². The summed E-state index contributed by atoms with van der Waals surface area (Å²) in [6.07, 6.45) is -3.49. The zero-order valence-corrected chi connectivity index (χ0v) is 15.0. The zero-order valence-electron chi connectivity index (χ0n) is 15.0. The van der Waals surface area contributed by atoms with E-state index in [1.807, 2.05) is 24.3 Å². The van der Waals surface area contributed by atoms with Gasteiger partial charge in [-0.15, -0.1) is 0 Å². The van der Waals surface area contributed by atoms with Crippen LogP contribution in [0.4, 0.5) is 23.7 Å². The highest BCUT2D eigenvalue weighted by Crippen LogP contribution is 2.37. The number of benzene rings is 2. The number of alkyl halides is 3. The molecule has 148 valence electrons. The van der Waals surface area contributed by atoms with Crippen molar-refractivity contribution < 1.29 is 27.4 Å². The van der Waals surface area contributed by atoms with Crippen LogP contribution in [-0.2, 0) is 17.5 Å². The summed E-state index contributed by atoms with van der Waals surface area (Å²) in [5.74, 6) is 0.0250. The molecule has 2 amide bonds. The Balaban J connectivity index is 1.37. The first-order valence-corrected chi connectivity index (χ1v) is 8.99. The highest BCUT2D eigenvalue weighted by molar-refractivity contribution is 5.89. The van der Waals surface area contributed by atoms with Crippen LogP contribution in [0.15, 0.2) is 48.5 Å². The minimum Gasteiger partial charge on any atom is -0.462 e. The van der Waals surface area contributed by atoms with Crippen LogP contribution in [-0.4, -0.2) is 29.8 Å². The highest BCUT2D eigenvalue weighted by Gasteiger charge is 2.41. The summed E-state index contributed by atoms with van der Waals surface area (Å²) in [4.78, 5) is 14.0. The van der Waals surface area contributed by atoms with E-state index in [-0.39, 0.29) is 5.69 Å². The fourth-order valence-electron chi connectivity index (χ4n) is 3.43. The number of para-hydroxylation sites is 1. The van der Waals surface area contributed by atoms with E-state index in [2.05, 4.69) is 5.32 Å². The topological polar surface area (TPSA) is 50.8 Å². The summed E-state index contributed by atoms with van der Waals surface area (Å²) in [5, 5.41) is 2.54. The lowest BCUT2D eigenvalue weighted by Crippen LogP contribution is -2.53. The molecule has 0 unspecified atom stereocenters. The molecule has 0 saturated carbocycles. The molecule has 2 aliphatic heterocycles. The summed E-state index contributed by atoms with van der Waals surface area (Å²) in [6.45, 7) is 1.21. The first-order valence-electron chi connectivity index (χ1n) is 8.99. The van der Waals surface area contributed by atoms with Gasteiger partial charge in [-0.2, -0.15) is 13.2 Å². The number of carbonyl (C=O) groups excluding carboxylic acids is 1. The summed E-state index contributed by atoms with van der Waals surface area (Å²) < 4.78 is 50.4. The lowest BCUT2D eigenvalue weighted by Gasteiger charge is -2.43. The van der Waals surface area contributed by atoms with Crippen LogP contribution in [0, 0.1) is 0 Å². The first-order chi connectivity index (χ1) is 13.3. The summed E-state index contributed by atoms with van der Waals surface area (Å²) in [5.41, 5.74) is 0.294. The van der Waals surface area contributed by atoms with Gasteiger partial charge >= 0.3 is 12.2 Å². The standard InChI is InChI=1S/C20H19F3N2O3/c21-20(22,23)15-5-3-6-16(12-15)24-18(26)25-10-8-19(9-11-25)27-13-14-4-1-2-7-17(14)28-19/h1-7,12H,8-11,13H2,(H,24,26). The second-order valence-corrected chi connectivity index (χ2v) is 6.90. The quantitative estimate of drug-likeness (QED) is 0.769. The van der Waals surface area contributed by atoms with Gasteiger partial charge in [0.25, 0.3) is 0 Å². The number of hydrogen-bond donors (Lipinski definition) is 1. The minimum absolute atomic E-state index is 0.110. The molecule has 28 heavy (non-hydrogen) atoms. The van der Waals surface area contributed by atoms with Crippen LogP contribution in [0.1, 0.15) is 24.0 Å². The van der Waals surface area contributed by atoms with Crippen molar-refractivity contribution in [3.05, 3.63) is 59.7 Å². The SMILES string of the molecule is O=C(Nc1cccc(C(F)(F)F)c1)N1CCC2(CC1)OCc1ccccc1O2. The Kier molecular flexibility index (Phi) is 4.66. The number of fused-ring (bicyclic) bond motifs is 1. The third-order valence-electron chi connectivity index (χ3n) is 5.01. The fourth-order valence-corrected chi connectivity index (χ4v) is 3.43. The molecule has 2 aromatic rings. The molecule has 1 saturated heterocycles. The van der Waals surface area contributed by atoms with Crippen molar-refractivity contribution in [1.29, 1.82) is 0 Å². The molecule has 0 bridgehead atoms. The van der Waals surface area contributed by atoms with E-state index >= 15 is 0 Å². The predicted molar refractivity (Wildman–Crippen MR) is 95.9 cm³/mol. The smallest absolute Gasteiger partial charge is 0.416 e. The number of carbonyl (C=O) groups is 1.